The number of alkyl halides is 3. The van der Waals surface area contributed by atoms with Crippen molar-refractivity contribution < 1.29 is 30.8 Å². The number of aromatic nitrogens is 1. The number of likely N-dealkylation sites (N-methyl/N-ethyl adjacent to an activating group) is 1. The summed E-state index contributed by atoms with van der Waals surface area (Å²) < 4.78 is 78.7. The Bertz CT molecular complexity index is 1110. The molecule has 0 saturated carbocycles. The third kappa shape index (κ3) is 4.22. The standard InChI is InChI=1S/C18H16ClF4N3O3S/c1-10-7-11(18(21,22)23)8-16(24-10)26-15(5-6-30(26,28)29)17(27)25(2)12-3-4-14(20)13(19)9-12/h3-4,7-9,15H,5-6H2,1-2H3/t15-/m0/s1. The molecule has 1 amide bonds. The monoisotopic (exact) mass is 465 g/mol. The number of hydrogen-bond acceptors (Lipinski definition) is 4. The van der Waals surface area contributed by atoms with Gasteiger partial charge in [0.05, 0.1) is 16.3 Å². The van der Waals surface area contributed by atoms with Crippen LogP contribution in [0.2, 0.25) is 5.02 Å². The highest BCUT2D eigenvalue weighted by atomic mass is 35.5. The Labute approximate surface area is 175 Å². The second-order valence-electron chi connectivity index (χ2n) is 6.77. The topological polar surface area (TPSA) is 70.6 Å². The van der Waals surface area contributed by atoms with Gasteiger partial charge in [-0.1, -0.05) is 11.6 Å². The van der Waals surface area contributed by atoms with Gasteiger partial charge in [0.15, 0.2) is 0 Å². The maximum absolute atomic E-state index is 13.4. The van der Waals surface area contributed by atoms with E-state index in [9.17, 15) is 30.8 Å². The summed E-state index contributed by atoms with van der Waals surface area (Å²) in [5, 5.41) is -0.238. The molecule has 2 aromatic rings. The van der Waals surface area contributed by atoms with Crippen molar-refractivity contribution in [2.24, 2.45) is 0 Å². The lowest BCUT2D eigenvalue weighted by atomic mass is 10.1. The van der Waals surface area contributed by atoms with Crippen molar-refractivity contribution in [3.63, 3.8) is 0 Å². The molecule has 3 rings (SSSR count). The van der Waals surface area contributed by atoms with E-state index < -0.39 is 51.1 Å². The van der Waals surface area contributed by atoms with Gasteiger partial charge in [-0.2, -0.15) is 13.2 Å². The lowest BCUT2D eigenvalue weighted by Crippen LogP contribution is -2.46. The van der Waals surface area contributed by atoms with Crippen LogP contribution in [0.5, 0.6) is 0 Å². The Morgan fingerprint density at radius 3 is 2.53 bits per heavy atom. The first kappa shape index (κ1) is 22.3. The van der Waals surface area contributed by atoms with Crippen molar-refractivity contribution >= 4 is 39.0 Å². The van der Waals surface area contributed by atoms with Crippen LogP contribution in [-0.2, 0) is 21.0 Å². The van der Waals surface area contributed by atoms with Crippen molar-refractivity contribution in [1.29, 1.82) is 0 Å². The SMILES string of the molecule is Cc1cc(C(F)(F)F)cc(N2[C@H](C(=O)N(C)c3ccc(F)c(Cl)c3)CCS2(=O)=O)n1. The number of aryl methyl sites for hydroxylation is 1. The molecule has 162 valence electrons. The molecule has 2 heterocycles. The summed E-state index contributed by atoms with van der Waals surface area (Å²) in [5.41, 5.74) is -0.924. The van der Waals surface area contributed by atoms with Crippen molar-refractivity contribution in [3.05, 3.63) is 52.4 Å². The molecule has 0 N–H and O–H groups in total. The average molecular weight is 466 g/mol. The zero-order valence-corrected chi connectivity index (χ0v) is 17.3. The van der Waals surface area contributed by atoms with E-state index in [4.69, 9.17) is 11.6 Å². The van der Waals surface area contributed by atoms with Crippen LogP contribution in [0, 0.1) is 12.7 Å². The lowest BCUT2D eigenvalue weighted by molar-refractivity contribution is -0.137. The zero-order chi connectivity index (χ0) is 22.4. The van der Waals surface area contributed by atoms with Crippen LogP contribution in [0.15, 0.2) is 30.3 Å². The van der Waals surface area contributed by atoms with Crippen molar-refractivity contribution in [2.45, 2.75) is 25.6 Å². The maximum atomic E-state index is 13.4. The predicted octanol–water partition coefficient (Wildman–Crippen LogP) is 3.77. The Balaban J connectivity index is 2.02. The molecule has 12 heteroatoms. The van der Waals surface area contributed by atoms with Gasteiger partial charge in [0.25, 0.3) is 5.91 Å². The fraction of sp³-hybridized carbons (Fsp3) is 0.333. The summed E-state index contributed by atoms with van der Waals surface area (Å²) in [6, 6.07) is 3.59. The second kappa shape index (κ2) is 7.69. The number of hydrogen-bond donors (Lipinski definition) is 0. The van der Waals surface area contributed by atoms with Crippen LogP contribution in [0.1, 0.15) is 17.7 Å². The van der Waals surface area contributed by atoms with Gasteiger partial charge >= 0.3 is 6.18 Å². The van der Waals surface area contributed by atoms with Crippen molar-refractivity contribution in [1.82, 2.24) is 4.98 Å². The fourth-order valence-corrected chi connectivity index (χ4v) is 5.02. The molecule has 0 aliphatic carbocycles. The van der Waals surface area contributed by atoms with Crippen LogP contribution in [-0.4, -0.2) is 38.2 Å². The normalized spacial score (nSPS) is 18.5. The van der Waals surface area contributed by atoms with Crippen LogP contribution in [0.25, 0.3) is 0 Å². The highest BCUT2D eigenvalue weighted by Gasteiger charge is 2.44. The van der Waals surface area contributed by atoms with Gasteiger partial charge < -0.3 is 4.90 Å². The molecule has 0 radical (unpaired) electrons. The van der Waals surface area contributed by atoms with E-state index in [-0.39, 0.29) is 22.8 Å². The Morgan fingerprint density at radius 1 is 1.27 bits per heavy atom. The van der Waals surface area contributed by atoms with Crippen molar-refractivity contribution in [2.75, 3.05) is 22.0 Å². The summed E-state index contributed by atoms with van der Waals surface area (Å²) in [6.07, 6.45) is -4.86. The molecular weight excluding hydrogens is 450 g/mol. The third-order valence-corrected chi connectivity index (χ3v) is 6.71. The van der Waals surface area contributed by atoms with Gasteiger partial charge in [-0.25, -0.2) is 22.1 Å². The largest absolute Gasteiger partial charge is 0.416 e. The number of rotatable bonds is 3. The number of sulfonamides is 1. The van der Waals surface area contributed by atoms with E-state index >= 15 is 0 Å². The van der Waals surface area contributed by atoms with E-state index in [1.807, 2.05) is 0 Å². The summed E-state index contributed by atoms with van der Waals surface area (Å²) >= 11 is 5.73. The predicted molar refractivity (Wildman–Crippen MR) is 103 cm³/mol. The van der Waals surface area contributed by atoms with Crippen LogP contribution >= 0.6 is 11.6 Å². The molecule has 6 nitrogen and oxygen atoms in total. The lowest BCUT2D eigenvalue weighted by Gasteiger charge is -2.28. The molecule has 1 atom stereocenters. The number of carbonyl (C=O) groups excluding carboxylic acids is 1. The van der Waals surface area contributed by atoms with Gasteiger partial charge in [0, 0.05) is 18.4 Å². The third-order valence-electron chi connectivity index (χ3n) is 4.63. The number of anilines is 2. The van der Waals surface area contributed by atoms with Crippen LogP contribution in [0.4, 0.5) is 29.1 Å². The van der Waals surface area contributed by atoms with Gasteiger partial charge in [-0.3, -0.25) is 4.79 Å². The van der Waals surface area contributed by atoms with Gasteiger partial charge in [0.1, 0.15) is 17.7 Å². The number of benzene rings is 1. The number of amides is 1. The number of nitrogens with zero attached hydrogens (tertiary/aromatic N) is 3. The number of pyridine rings is 1. The first-order chi connectivity index (χ1) is 13.8. The van der Waals surface area contributed by atoms with E-state index in [1.54, 1.807) is 0 Å². The number of halogens is 5. The molecule has 0 bridgehead atoms. The minimum absolute atomic E-state index is 0.0493. The molecule has 1 aliphatic heterocycles. The first-order valence-electron chi connectivity index (χ1n) is 8.62. The van der Waals surface area contributed by atoms with Gasteiger partial charge in [-0.15, -0.1) is 0 Å². The molecule has 1 fully saturated rings. The molecular formula is C18H16ClF4N3O3S. The quantitative estimate of drug-likeness (QED) is 0.647. The maximum Gasteiger partial charge on any atom is 0.416 e. The molecule has 0 spiro atoms. The first-order valence-corrected chi connectivity index (χ1v) is 10.6. The van der Waals surface area contributed by atoms with Gasteiger partial charge in [0.2, 0.25) is 10.0 Å². The summed E-state index contributed by atoms with van der Waals surface area (Å²) in [5.74, 6) is -2.33. The highest BCUT2D eigenvalue weighted by molar-refractivity contribution is 7.93. The van der Waals surface area contributed by atoms with E-state index in [2.05, 4.69) is 4.98 Å². The summed E-state index contributed by atoms with van der Waals surface area (Å²) in [4.78, 5) is 18.0. The minimum atomic E-state index is -4.72. The second-order valence-corrected chi connectivity index (χ2v) is 9.14. The highest BCUT2D eigenvalue weighted by Crippen LogP contribution is 2.35. The number of carbonyl (C=O) groups is 1. The van der Waals surface area contributed by atoms with E-state index in [0.29, 0.717) is 10.4 Å². The van der Waals surface area contributed by atoms with Crippen molar-refractivity contribution in [3.8, 4) is 0 Å². The molecule has 30 heavy (non-hydrogen) atoms. The molecule has 1 aromatic heterocycles. The minimum Gasteiger partial charge on any atom is -0.314 e. The fourth-order valence-electron chi connectivity index (χ4n) is 3.17. The molecule has 1 aromatic carbocycles. The van der Waals surface area contributed by atoms with Crippen LogP contribution in [0.3, 0.4) is 0 Å². The molecule has 0 unspecified atom stereocenters. The Morgan fingerprint density at radius 2 is 1.93 bits per heavy atom. The van der Waals surface area contributed by atoms with Gasteiger partial charge in [-0.05, 0) is 43.7 Å². The molecule has 1 aliphatic rings. The smallest absolute Gasteiger partial charge is 0.314 e. The Hall–Kier alpha value is -2.40. The average Bonchev–Trinajstić information content (AvgIpc) is 2.96. The van der Waals surface area contributed by atoms with E-state index in [1.165, 1.54) is 26.1 Å². The summed E-state index contributed by atoms with van der Waals surface area (Å²) in [7, 11) is -2.74. The van der Waals surface area contributed by atoms with E-state index in [0.717, 1.165) is 17.0 Å². The zero-order valence-electron chi connectivity index (χ0n) is 15.7. The van der Waals surface area contributed by atoms with Crippen LogP contribution < -0.4 is 9.21 Å². The Kier molecular flexibility index (Phi) is 5.72. The summed E-state index contributed by atoms with van der Waals surface area (Å²) in [6.45, 7) is 1.30. The molecule has 1 saturated heterocycles.